The third-order valence-electron chi connectivity index (χ3n) is 7.31. The zero-order valence-corrected chi connectivity index (χ0v) is 19.0. The van der Waals surface area contributed by atoms with Crippen molar-refractivity contribution in [3.8, 4) is 6.07 Å². The molecule has 2 rings (SSSR count). The quantitative estimate of drug-likeness (QED) is 0.140. The highest BCUT2D eigenvalue weighted by Gasteiger charge is 2.21. The van der Waals surface area contributed by atoms with Crippen molar-refractivity contribution in [1.82, 2.24) is 0 Å². The Morgan fingerprint density at radius 2 is 1.31 bits per heavy atom. The summed E-state index contributed by atoms with van der Waals surface area (Å²) in [6.07, 6.45) is 35.4. The van der Waals surface area contributed by atoms with E-state index < -0.39 is 0 Å². The van der Waals surface area contributed by atoms with E-state index in [1.54, 1.807) is 0 Å². The maximum Gasteiger partial charge on any atom is 0.0912 e. The Balaban J connectivity index is 1.53. The number of hydrogen-bond acceptors (Lipinski definition) is 1. The van der Waals surface area contributed by atoms with Crippen LogP contribution in [-0.2, 0) is 0 Å². The normalized spacial score (nSPS) is 28.4. The van der Waals surface area contributed by atoms with Crippen molar-refractivity contribution in [2.24, 2.45) is 23.7 Å². The zero-order chi connectivity index (χ0) is 20.6. The molecule has 0 heterocycles. The lowest BCUT2D eigenvalue weighted by atomic mass is 9.77. The fraction of sp³-hybridized carbons (Fsp3) is 0.750. The Morgan fingerprint density at radius 3 is 1.90 bits per heavy atom. The van der Waals surface area contributed by atoms with Gasteiger partial charge in [-0.2, -0.15) is 5.26 Å². The lowest BCUT2D eigenvalue weighted by Gasteiger charge is -2.29. The monoisotopic (exact) mass is 395 g/mol. The molecule has 0 spiro atoms. The Kier molecular flexibility index (Phi) is 12.8. The first kappa shape index (κ1) is 24.0. The maximum absolute atomic E-state index is 8.47. The molecule has 0 aromatic heterocycles. The molecule has 2 saturated carbocycles. The molecule has 0 bridgehead atoms. The third kappa shape index (κ3) is 10.9. The number of nitrogens with zero attached hydrogens (tertiary/aromatic N) is 1. The van der Waals surface area contributed by atoms with Crippen molar-refractivity contribution in [2.45, 2.75) is 110 Å². The van der Waals surface area contributed by atoms with Crippen molar-refractivity contribution in [3.05, 3.63) is 36.5 Å². The van der Waals surface area contributed by atoms with E-state index in [9.17, 15) is 0 Å². The molecule has 0 aromatic rings. The first-order chi connectivity index (χ1) is 14.3. The fourth-order valence-corrected chi connectivity index (χ4v) is 5.29. The van der Waals surface area contributed by atoms with Crippen LogP contribution in [0.1, 0.15) is 110 Å². The average molecular weight is 396 g/mol. The van der Waals surface area contributed by atoms with Crippen LogP contribution in [0.15, 0.2) is 36.5 Å². The van der Waals surface area contributed by atoms with Crippen molar-refractivity contribution >= 4 is 0 Å². The molecule has 0 aromatic carbocycles. The van der Waals surface area contributed by atoms with Gasteiger partial charge in [0.2, 0.25) is 0 Å². The van der Waals surface area contributed by atoms with E-state index in [2.05, 4.69) is 25.2 Å². The van der Waals surface area contributed by atoms with Crippen molar-refractivity contribution < 1.29 is 0 Å². The molecular weight excluding hydrogens is 350 g/mol. The molecular formula is C28H45N. The SMILES string of the molecule is CCCCCCCC1CCC(C=CC2CCC(CCC=CC=CC#N)CC2)CC1. The Labute approximate surface area is 181 Å². The second-order valence-corrected chi connectivity index (χ2v) is 9.64. The second kappa shape index (κ2) is 15.5. The van der Waals surface area contributed by atoms with E-state index in [1.165, 1.54) is 102 Å². The Morgan fingerprint density at radius 1 is 0.724 bits per heavy atom. The van der Waals surface area contributed by atoms with Crippen LogP contribution in [-0.4, -0.2) is 0 Å². The molecule has 1 heteroatoms. The first-order valence-corrected chi connectivity index (χ1v) is 12.7. The lowest BCUT2D eigenvalue weighted by Crippen LogP contribution is -2.15. The Bertz CT molecular complexity index is 519. The number of rotatable bonds is 12. The van der Waals surface area contributed by atoms with Gasteiger partial charge in [0.05, 0.1) is 6.07 Å². The van der Waals surface area contributed by atoms with Gasteiger partial charge in [0.1, 0.15) is 0 Å². The minimum atomic E-state index is 0.844. The highest BCUT2D eigenvalue weighted by Crippen LogP contribution is 2.35. The number of nitriles is 1. The summed E-state index contributed by atoms with van der Waals surface area (Å²) in [5.74, 6) is 3.66. The van der Waals surface area contributed by atoms with E-state index >= 15 is 0 Å². The van der Waals surface area contributed by atoms with Crippen LogP contribution in [0.4, 0.5) is 0 Å². The summed E-state index contributed by atoms with van der Waals surface area (Å²) in [4.78, 5) is 0. The maximum atomic E-state index is 8.47. The molecule has 2 aliphatic carbocycles. The summed E-state index contributed by atoms with van der Waals surface area (Å²) in [5.41, 5.74) is 0. The van der Waals surface area contributed by atoms with Crippen molar-refractivity contribution in [3.63, 3.8) is 0 Å². The van der Waals surface area contributed by atoms with Gasteiger partial charge in [0, 0.05) is 6.08 Å². The summed E-state index contributed by atoms with van der Waals surface area (Å²) in [6.45, 7) is 2.30. The molecule has 0 atom stereocenters. The van der Waals surface area contributed by atoms with Crippen LogP contribution in [0, 0.1) is 35.0 Å². The van der Waals surface area contributed by atoms with Gasteiger partial charge in [-0.1, -0.05) is 75.8 Å². The van der Waals surface area contributed by atoms with Gasteiger partial charge in [0.15, 0.2) is 0 Å². The van der Waals surface area contributed by atoms with Crippen LogP contribution < -0.4 is 0 Å². The lowest BCUT2D eigenvalue weighted by molar-refractivity contribution is 0.282. The first-order valence-electron chi connectivity index (χ1n) is 12.7. The summed E-state index contributed by atoms with van der Waals surface area (Å²) in [7, 11) is 0. The summed E-state index contributed by atoms with van der Waals surface area (Å²) in [6, 6.07) is 2.03. The van der Waals surface area contributed by atoms with Crippen LogP contribution in [0.5, 0.6) is 0 Å². The molecule has 0 radical (unpaired) electrons. The summed E-state index contributed by atoms with van der Waals surface area (Å²) >= 11 is 0. The predicted octanol–water partition coefficient (Wildman–Crippen LogP) is 8.93. The smallest absolute Gasteiger partial charge is 0.0912 e. The summed E-state index contributed by atoms with van der Waals surface area (Å²) < 4.78 is 0. The highest BCUT2D eigenvalue weighted by atomic mass is 14.3. The van der Waals surface area contributed by atoms with E-state index in [0.717, 1.165) is 30.1 Å². The average Bonchev–Trinajstić information content (AvgIpc) is 2.76. The zero-order valence-electron chi connectivity index (χ0n) is 19.0. The molecule has 0 aliphatic heterocycles. The molecule has 162 valence electrons. The van der Waals surface area contributed by atoms with Gasteiger partial charge < -0.3 is 0 Å². The fourth-order valence-electron chi connectivity index (χ4n) is 5.29. The molecule has 1 nitrogen and oxygen atoms in total. The third-order valence-corrected chi connectivity index (χ3v) is 7.31. The standard InChI is InChI=1S/C28H45N/c1-2-3-4-6-9-12-25-14-18-27(19-15-25)22-23-28-20-16-26(17-21-28)13-10-7-5-8-11-24-29/h5,7-8,11,22-23,25-28H,2-4,6,9-10,12-21H2,1H3. The van der Waals surface area contributed by atoms with E-state index in [-0.39, 0.29) is 0 Å². The van der Waals surface area contributed by atoms with E-state index in [0.29, 0.717) is 0 Å². The number of hydrogen-bond donors (Lipinski definition) is 0. The van der Waals surface area contributed by atoms with E-state index in [4.69, 9.17) is 5.26 Å². The van der Waals surface area contributed by atoms with Crippen LogP contribution in [0.25, 0.3) is 0 Å². The molecule has 0 saturated heterocycles. The van der Waals surface area contributed by atoms with Gasteiger partial charge in [-0.15, -0.1) is 0 Å². The topological polar surface area (TPSA) is 23.8 Å². The van der Waals surface area contributed by atoms with Gasteiger partial charge >= 0.3 is 0 Å². The Hall–Kier alpha value is -1.29. The second-order valence-electron chi connectivity index (χ2n) is 9.64. The molecule has 0 N–H and O–H groups in total. The minimum absolute atomic E-state index is 0.844. The van der Waals surface area contributed by atoms with Gasteiger partial charge in [-0.05, 0) is 87.9 Å². The van der Waals surface area contributed by atoms with Crippen molar-refractivity contribution in [2.75, 3.05) is 0 Å². The van der Waals surface area contributed by atoms with Crippen molar-refractivity contribution in [1.29, 1.82) is 5.26 Å². The van der Waals surface area contributed by atoms with Crippen LogP contribution in [0.3, 0.4) is 0 Å². The number of allylic oxidation sites excluding steroid dienone is 6. The van der Waals surface area contributed by atoms with Crippen LogP contribution in [0.2, 0.25) is 0 Å². The largest absolute Gasteiger partial charge is 0.193 e. The van der Waals surface area contributed by atoms with Gasteiger partial charge in [0.25, 0.3) is 0 Å². The predicted molar refractivity (Wildman–Crippen MR) is 127 cm³/mol. The summed E-state index contributed by atoms with van der Waals surface area (Å²) in [5, 5.41) is 8.47. The molecule has 29 heavy (non-hydrogen) atoms. The highest BCUT2D eigenvalue weighted by molar-refractivity contribution is 5.11. The molecule has 0 unspecified atom stereocenters. The number of unbranched alkanes of at least 4 members (excludes halogenated alkanes) is 4. The van der Waals surface area contributed by atoms with Crippen LogP contribution >= 0.6 is 0 Å². The minimum Gasteiger partial charge on any atom is -0.193 e. The molecule has 2 fully saturated rings. The molecule has 2 aliphatic rings. The molecule has 0 amide bonds. The van der Waals surface area contributed by atoms with Gasteiger partial charge in [-0.25, -0.2) is 0 Å². The van der Waals surface area contributed by atoms with E-state index in [1.807, 2.05) is 18.2 Å². The van der Waals surface area contributed by atoms with Gasteiger partial charge in [-0.3, -0.25) is 0 Å².